The van der Waals surface area contributed by atoms with E-state index in [1.165, 1.54) is 12.1 Å². The molecule has 4 heteroatoms. The van der Waals surface area contributed by atoms with Gasteiger partial charge in [-0.15, -0.1) is 0 Å². The van der Waals surface area contributed by atoms with E-state index < -0.39 is 0 Å². The van der Waals surface area contributed by atoms with Gasteiger partial charge in [-0.05, 0) is 25.8 Å². The molecule has 1 aromatic heterocycles. The van der Waals surface area contributed by atoms with Crippen LogP contribution in [-0.4, -0.2) is 48.1 Å². The predicted molar refractivity (Wildman–Crippen MR) is 74.9 cm³/mol. The van der Waals surface area contributed by atoms with Crippen LogP contribution < -0.4 is 4.90 Å². The summed E-state index contributed by atoms with van der Waals surface area (Å²) in [5.41, 5.74) is 1.17. The number of nitrogens with zero attached hydrogens (tertiary/aromatic N) is 4. The highest BCUT2D eigenvalue weighted by molar-refractivity contribution is 5.39. The van der Waals surface area contributed by atoms with Gasteiger partial charge in [0.05, 0.1) is 0 Å². The third-order valence-corrected chi connectivity index (χ3v) is 3.51. The van der Waals surface area contributed by atoms with Gasteiger partial charge < -0.3 is 9.80 Å². The van der Waals surface area contributed by atoms with Crippen LogP contribution in [0.1, 0.15) is 26.0 Å². The summed E-state index contributed by atoms with van der Waals surface area (Å²) in [6.45, 7) is 8.87. The van der Waals surface area contributed by atoms with Crippen molar-refractivity contribution < 1.29 is 0 Å². The summed E-state index contributed by atoms with van der Waals surface area (Å²) in [5, 5.41) is 0. The molecule has 0 saturated carbocycles. The van der Waals surface area contributed by atoms with Crippen molar-refractivity contribution in [2.24, 2.45) is 5.92 Å². The van der Waals surface area contributed by atoms with Crippen LogP contribution in [0.4, 0.5) is 5.82 Å². The first-order valence-electron chi connectivity index (χ1n) is 6.89. The second-order valence-corrected chi connectivity index (χ2v) is 5.59. The molecule has 1 aliphatic rings. The van der Waals surface area contributed by atoms with Crippen molar-refractivity contribution in [2.75, 3.05) is 38.1 Å². The van der Waals surface area contributed by atoms with Crippen LogP contribution in [0.2, 0.25) is 0 Å². The van der Waals surface area contributed by atoms with Crippen molar-refractivity contribution in [3.05, 3.63) is 18.1 Å². The third kappa shape index (κ3) is 3.67. The summed E-state index contributed by atoms with van der Waals surface area (Å²) >= 11 is 0. The van der Waals surface area contributed by atoms with Gasteiger partial charge in [0.1, 0.15) is 12.1 Å². The number of hydrogen-bond acceptors (Lipinski definition) is 4. The van der Waals surface area contributed by atoms with Crippen molar-refractivity contribution >= 4 is 5.82 Å². The summed E-state index contributed by atoms with van der Waals surface area (Å²) in [6.07, 6.45) is 3.96. The summed E-state index contributed by atoms with van der Waals surface area (Å²) < 4.78 is 0. The molecule has 0 radical (unpaired) electrons. The number of piperazine rings is 1. The molecular weight excluding hydrogens is 224 g/mol. The monoisotopic (exact) mass is 248 g/mol. The Kier molecular flexibility index (Phi) is 4.53. The van der Waals surface area contributed by atoms with E-state index in [4.69, 9.17) is 0 Å². The van der Waals surface area contributed by atoms with Crippen LogP contribution in [0, 0.1) is 5.92 Å². The van der Waals surface area contributed by atoms with E-state index >= 15 is 0 Å². The minimum atomic E-state index is 0.729. The number of rotatable bonds is 4. The van der Waals surface area contributed by atoms with Crippen molar-refractivity contribution in [1.29, 1.82) is 0 Å². The Morgan fingerprint density at radius 2 is 1.89 bits per heavy atom. The Morgan fingerprint density at radius 3 is 2.56 bits per heavy atom. The number of aromatic nitrogens is 2. The Bertz CT molecular complexity index is 370. The zero-order valence-corrected chi connectivity index (χ0v) is 11.8. The van der Waals surface area contributed by atoms with Crippen LogP contribution >= 0.6 is 0 Å². The van der Waals surface area contributed by atoms with Crippen molar-refractivity contribution in [3.63, 3.8) is 0 Å². The number of likely N-dealkylation sites (N-methyl/N-ethyl adjacent to an activating group) is 1. The molecule has 4 nitrogen and oxygen atoms in total. The van der Waals surface area contributed by atoms with E-state index in [-0.39, 0.29) is 0 Å². The van der Waals surface area contributed by atoms with Crippen molar-refractivity contribution in [1.82, 2.24) is 14.9 Å². The maximum Gasteiger partial charge on any atom is 0.132 e. The summed E-state index contributed by atoms with van der Waals surface area (Å²) in [7, 11) is 2.17. The summed E-state index contributed by atoms with van der Waals surface area (Å²) in [6, 6.07) is 2.16. The minimum Gasteiger partial charge on any atom is -0.354 e. The second-order valence-electron chi connectivity index (χ2n) is 5.59. The fourth-order valence-electron chi connectivity index (χ4n) is 2.17. The fourth-order valence-corrected chi connectivity index (χ4v) is 2.17. The normalized spacial score (nSPS) is 17.4. The SMILES string of the molecule is CC(C)CCc1cc(N2CCN(C)CC2)ncn1. The second kappa shape index (κ2) is 6.14. The van der Waals surface area contributed by atoms with Crippen LogP contribution in [0.3, 0.4) is 0 Å². The number of aryl methyl sites for hydroxylation is 1. The standard InChI is InChI=1S/C14H24N4/c1-12(2)4-5-13-10-14(16-11-15-13)18-8-6-17(3)7-9-18/h10-12H,4-9H2,1-3H3. The Labute approximate surface area is 110 Å². The van der Waals surface area contributed by atoms with E-state index in [1.54, 1.807) is 6.33 Å². The molecular formula is C14H24N4. The highest BCUT2D eigenvalue weighted by Gasteiger charge is 2.15. The van der Waals surface area contributed by atoms with Gasteiger partial charge >= 0.3 is 0 Å². The Morgan fingerprint density at radius 1 is 1.17 bits per heavy atom. The number of hydrogen-bond donors (Lipinski definition) is 0. The molecule has 0 spiro atoms. The average molecular weight is 248 g/mol. The topological polar surface area (TPSA) is 32.3 Å². The molecule has 0 atom stereocenters. The quantitative estimate of drug-likeness (QED) is 0.813. The first-order chi connectivity index (χ1) is 8.65. The van der Waals surface area contributed by atoms with Gasteiger partial charge in [-0.1, -0.05) is 13.8 Å². The van der Waals surface area contributed by atoms with Gasteiger partial charge in [-0.25, -0.2) is 9.97 Å². The van der Waals surface area contributed by atoms with Gasteiger partial charge in [0.2, 0.25) is 0 Å². The highest BCUT2D eigenvalue weighted by Crippen LogP contribution is 2.15. The van der Waals surface area contributed by atoms with Gasteiger partial charge in [0.25, 0.3) is 0 Å². The molecule has 1 saturated heterocycles. The van der Waals surface area contributed by atoms with Crippen LogP contribution in [0.5, 0.6) is 0 Å². The molecule has 0 aromatic carbocycles. The Hall–Kier alpha value is -1.16. The van der Waals surface area contributed by atoms with Gasteiger partial charge in [-0.3, -0.25) is 0 Å². The molecule has 1 aliphatic heterocycles. The molecule has 1 fully saturated rings. The van der Waals surface area contributed by atoms with Gasteiger partial charge in [-0.2, -0.15) is 0 Å². The summed E-state index contributed by atoms with van der Waals surface area (Å²) in [5.74, 6) is 1.82. The zero-order valence-electron chi connectivity index (χ0n) is 11.8. The molecule has 100 valence electrons. The minimum absolute atomic E-state index is 0.729. The first-order valence-corrected chi connectivity index (χ1v) is 6.89. The maximum absolute atomic E-state index is 4.41. The molecule has 0 amide bonds. The van der Waals surface area contributed by atoms with Crippen LogP contribution in [0.15, 0.2) is 12.4 Å². The Balaban J connectivity index is 1.98. The van der Waals surface area contributed by atoms with Crippen LogP contribution in [0.25, 0.3) is 0 Å². The third-order valence-electron chi connectivity index (χ3n) is 3.51. The van der Waals surface area contributed by atoms with E-state index in [1.807, 2.05) is 0 Å². The highest BCUT2D eigenvalue weighted by atomic mass is 15.3. The molecule has 18 heavy (non-hydrogen) atoms. The maximum atomic E-state index is 4.41. The molecule has 2 rings (SSSR count). The predicted octanol–water partition coefficient (Wildman–Crippen LogP) is 1.82. The average Bonchev–Trinajstić information content (AvgIpc) is 2.37. The van der Waals surface area contributed by atoms with E-state index in [0.29, 0.717) is 0 Å². The molecule has 0 aliphatic carbocycles. The molecule has 0 bridgehead atoms. The lowest BCUT2D eigenvalue weighted by Crippen LogP contribution is -2.44. The van der Waals surface area contributed by atoms with E-state index in [2.05, 4.69) is 46.7 Å². The lowest BCUT2D eigenvalue weighted by atomic mass is 10.1. The number of anilines is 1. The molecule has 1 aromatic rings. The van der Waals surface area contributed by atoms with Crippen molar-refractivity contribution in [2.45, 2.75) is 26.7 Å². The largest absolute Gasteiger partial charge is 0.354 e. The summed E-state index contributed by atoms with van der Waals surface area (Å²) in [4.78, 5) is 13.5. The van der Waals surface area contributed by atoms with E-state index in [0.717, 1.165) is 44.3 Å². The molecule has 0 unspecified atom stereocenters. The van der Waals surface area contributed by atoms with Gasteiger partial charge in [0.15, 0.2) is 0 Å². The van der Waals surface area contributed by atoms with E-state index in [9.17, 15) is 0 Å². The zero-order chi connectivity index (χ0) is 13.0. The lowest BCUT2D eigenvalue weighted by molar-refractivity contribution is 0.312. The smallest absolute Gasteiger partial charge is 0.132 e. The fraction of sp³-hybridized carbons (Fsp3) is 0.714. The van der Waals surface area contributed by atoms with Gasteiger partial charge in [0, 0.05) is 37.9 Å². The first kappa shape index (κ1) is 13.3. The lowest BCUT2D eigenvalue weighted by Gasteiger charge is -2.33. The van der Waals surface area contributed by atoms with Crippen molar-refractivity contribution in [3.8, 4) is 0 Å². The van der Waals surface area contributed by atoms with Crippen LogP contribution in [-0.2, 0) is 6.42 Å². The molecule has 0 N–H and O–H groups in total. The molecule has 2 heterocycles.